The highest BCUT2D eigenvalue weighted by Gasteiger charge is 2.24. The lowest BCUT2D eigenvalue weighted by Crippen LogP contribution is -2.29. The molecule has 0 radical (unpaired) electrons. The SMILES string of the molecule is CCN(CC)CCC(NC)c1ccccc1C1CCC1. The molecule has 0 amide bonds. The summed E-state index contributed by atoms with van der Waals surface area (Å²) in [6, 6.07) is 9.57. The second kappa shape index (κ2) is 7.80. The summed E-state index contributed by atoms with van der Waals surface area (Å²) < 4.78 is 0. The molecule has 0 aliphatic heterocycles. The highest BCUT2D eigenvalue weighted by Crippen LogP contribution is 2.39. The van der Waals surface area contributed by atoms with Crippen molar-refractivity contribution in [3.8, 4) is 0 Å². The van der Waals surface area contributed by atoms with Crippen LogP contribution in [0.25, 0.3) is 0 Å². The lowest BCUT2D eigenvalue weighted by molar-refractivity contribution is 0.283. The Morgan fingerprint density at radius 3 is 2.45 bits per heavy atom. The van der Waals surface area contributed by atoms with Crippen molar-refractivity contribution in [1.82, 2.24) is 10.2 Å². The molecule has 2 rings (SSSR count). The second-order valence-corrected chi connectivity index (χ2v) is 5.91. The van der Waals surface area contributed by atoms with Crippen LogP contribution >= 0.6 is 0 Å². The summed E-state index contributed by atoms with van der Waals surface area (Å²) in [5.41, 5.74) is 3.13. The van der Waals surface area contributed by atoms with Crippen molar-refractivity contribution >= 4 is 0 Å². The first-order chi connectivity index (χ1) is 9.80. The van der Waals surface area contributed by atoms with Gasteiger partial charge in [-0.1, -0.05) is 44.5 Å². The molecule has 1 aromatic carbocycles. The Balaban J connectivity index is 2.06. The van der Waals surface area contributed by atoms with Gasteiger partial charge in [-0.15, -0.1) is 0 Å². The standard InChI is InChI=1S/C18H30N2/c1-4-20(5-2)14-13-18(19-3)17-12-7-6-11-16(17)15-9-8-10-15/h6-7,11-12,15,18-19H,4-5,8-10,13-14H2,1-3H3. The Morgan fingerprint density at radius 1 is 1.20 bits per heavy atom. The maximum Gasteiger partial charge on any atom is 0.0332 e. The molecule has 20 heavy (non-hydrogen) atoms. The van der Waals surface area contributed by atoms with Gasteiger partial charge in [0.1, 0.15) is 0 Å². The highest BCUT2D eigenvalue weighted by atomic mass is 15.1. The molecule has 1 N–H and O–H groups in total. The number of benzene rings is 1. The number of hydrogen-bond donors (Lipinski definition) is 1. The van der Waals surface area contributed by atoms with Crippen LogP contribution in [-0.2, 0) is 0 Å². The minimum Gasteiger partial charge on any atom is -0.313 e. The molecule has 1 aromatic rings. The van der Waals surface area contributed by atoms with E-state index in [9.17, 15) is 0 Å². The van der Waals surface area contributed by atoms with Gasteiger partial charge in [-0.05, 0) is 63.0 Å². The van der Waals surface area contributed by atoms with Crippen molar-refractivity contribution in [2.24, 2.45) is 0 Å². The van der Waals surface area contributed by atoms with Gasteiger partial charge in [0.15, 0.2) is 0 Å². The molecule has 0 spiro atoms. The Kier molecular flexibility index (Phi) is 6.06. The molecule has 0 aromatic heterocycles. The summed E-state index contributed by atoms with van der Waals surface area (Å²) >= 11 is 0. The zero-order valence-electron chi connectivity index (χ0n) is 13.4. The number of nitrogens with zero attached hydrogens (tertiary/aromatic N) is 1. The van der Waals surface area contributed by atoms with Gasteiger partial charge in [0, 0.05) is 6.04 Å². The third-order valence-corrected chi connectivity index (χ3v) is 4.89. The van der Waals surface area contributed by atoms with Gasteiger partial charge in [-0.2, -0.15) is 0 Å². The van der Waals surface area contributed by atoms with E-state index in [1.54, 1.807) is 5.56 Å². The Labute approximate surface area is 124 Å². The Hall–Kier alpha value is -0.860. The maximum absolute atomic E-state index is 3.54. The molecule has 1 fully saturated rings. The zero-order valence-corrected chi connectivity index (χ0v) is 13.4. The number of rotatable bonds is 8. The van der Waals surface area contributed by atoms with Crippen LogP contribution in [0, 0.1) is 0 Å². The molecule has 2 nitrogen and oxygen atoms in total. The van der Waals surface area contributed by atoms with Gasteiger partial charge in [0.05, 0.1) is 0 Å². The van der Waals surface area contributed by atoms with Gasteiger partial charge in [-0.3, -0.25) is 0 Å². The first kappa shape index (κ1) is 15.5. The molecule has 0 saturated heterocycles. The highest BCUT2D eigenvalue weighted by molar-refractivity contribution is 5.34. The molecular weight excluding hydrogens is 244 g/mol. The summed E-state index contributed by atoms with van der Waals surface area (Å²) in [7, 11) is 2.10. The molecular formula is C18H30N2. The largest absolute Gasteiger partial charge is 0.313 e. The molecule has 1 aliphatic rings. The first-order valence-electron chi connectivity index (χ1n) is 8.28. The maximum atomic E-state index is 3.54. The minimum atomic E-state index is 0.493. The fraction of sp³-hybridized carbons (Fsp3) is 0.667. The smallest absolute Gasteiger partial charge is 0.0332 e. The van der Waals surface area contributed by atoms with Crippen LogP contribution in [0.4, 0.5) is 0 Å². The average molecular weight is 274 g/mol. The molecule has 112 valence electrons. The normalized spacial score (nSPS) is 17.2. The van der Waals surface area contributed by atoms with Gasteiger partial charge >= 0.3 is 0 Å². The van der Waals surface area contributed by atoms with E-state index in [0.29, 0.717) is 6.04 Å². The average Bonchev–Trinajstić information content (AvgIpc) is 2.43. The second-order valence-electron chi connectivity index (χ2n) is 5.91. The van der Waals surface area contributed by atoms with E-state index in [1.165, 1.54) is 37.8 Å². The zero-order chi connectivity index (χ0) is 14.4. The molecule has 1 unspecified atom stereocenters. The Morgan fingerprint density at radius 2 is 1.90 bits per heavy atom. The van der Waals surface area contributed by atoms with Crippen molar-refractivity contribution in [1.29, 1.82) is 0 Å². The van der Waals surface area contributed by atoms with Crippen molar-refractivity contribution in [2.75, 3.05) is 26.7 Å². The summed E-state index contributed by atoms with van der Waals surface area (Å²) in [6.07, 6.45) is 5.36. The van der Waals surface area contributed by atoms with Crippen molar-refractivity contribution in [2.45, 2.75) is 51.5 Å². The lowest BCUT2D eigenvalue weighted by atomic mass is 9.77. The van der Waals surface area contributed by atoms with E-state index < -0.39 is 0 Å². The molecule has 0 heterocycles. The third kappa shape index (κ3) is 3.62. The lowest BCUT2D eigenvalue weighted by Gasteiger charge is -2.31. The molecule has 1 saturated carbocycles. The molecule has 0 bridgehead atoms. The van der Waals surface area contributed by atoms with E-state index in [-0.39, 0.29) is 0 Å². The fourth-order valence-electron chi connectivity index (χ4n) is 3.23. The van der Waals surface area contributed by atoms with Gasteiger partial charge in [0.2, 0.25) is 0 Å². The summed E-state index contributed by atoms with van der Waals surface area (Å²) in [4.78, 5) is 2.51. The summed E-state index contributed by atoms with van der Waals surface area (Å²) in [5, 5.41) is 3.54. The van der Waals surface area contributed by atoms with Gasteiger partial charge in [-0.25, -0.2) is 0 Å². The van der Waals surface area contributed by atoms with Crippen LogP contribution in [-0.4, -0.2) is 31.6 Å². The van der Waals surface area contributed by atoms with Crippen molar-refractivity contribution in [3.63, 3.8) is 0 Å². The van der Waals surface area contributed by atoms with Crippen LogP contribution in [0.2, 0.25) is 0 Å². The van der Waals surface area contributed by atoms with Crippen LogP contribution < -0.4 is 5.32 Å². The van der Waals surface area contributed by atoms with E-state index in [1.807, 2.05) is 0 Å². The predicted molar refractivity (Wildman–Crippen MR) is 87.2 cm³/mol. The third-order valence-electron chi connectivity index (χ3n) is 4.89. The quantitative estimate of drug-likeness (QED) is 0.772. The monoisotopic (exact) mass is 274 g/mol. The molecule has 1 atom stereocenters. The first-order valence-corrected chi connectivity index (χ1v) is 8.28. The molecule has 1 aliphatic carbocycles. The van der Waals surface area contributed by atoms with Gasteiger partial charge < -0.3 is 10.2 Å². The summed E-state index contributed by atoms with van der Waals surface area (Å²) in [5.74, 6) is 0.815. The van der Waals surface area contributed by atoms with Crippen molar-refractivity contribution < 1.29 is 0 Å². The van der Waals surface area contributed by atoms with Crippen LogP contribution in [0.15, 0.2) is 24.3 Å². The fourth-order valence-corrected chi connectivity index (χ4v) is 3.23. The van der Waals surface area contributed by atoms with Gasteiger partial charge in [0.25, 0.3) is 0 Å². The van der Waals surface area contributed by atoms with Crippen molar-refractivity contribution in [3.05, 3.63) is 35.4 Å². The number of nitrogens with one attached hydrogen (secondary N) is 1. The van der Waals surface area contributed by atoms with E-state index in [2.05, 4.69) is 55.4 Å². The van der Waals surface area contributed by atoms with Crippen LogP contribution in [0.3, 0.4) is 0 Å². The van der Waals surface area contributed by atoms with E-state index in [4.69, 9.17) is 0 Å². The minimum absolute atomic E-state index is 0.493. The van der Waals surface area contributed by atoms with E-state index in [0.717, 1.165) is 19.0 Å². The van der Waals surface area contributed by atoms with E-state index >= 15 is 0 Å². The topological polar surface area (TPSA) is 15.3 Å². The van der Waals surface area contributed by atoms with Crippen LogP contribution in [0.1, 0.15) is 62.6 Å². The number of hydrogen-bond acceptors (Lipinski definition) is 2. The summed E-state index contributed by atoms with van der Waals surface area (Å²) in [6.45, 7) is 7.98. The molecule has 2 heteroatoms. The Bertz CT molecular complexity index is 394. The predicted octanol–water partition coefficient (Wildman–Crippen LogP) is 3.95. The van der Waals surface area contributed by atoms with Crippen LogP contribution in [0.5, 0.6) is 0 Å².